The molecule has 0 aromatic carbocycles. The Labute approximate surface area is 116 Å². The van der Waals surface area contributed by atoms with Crippen LogP contribution in [0.15, 0.2) is 5.38 Å². The van der Waals surface area contributed by atoms with Gasteiger partial charge in [0.05, 0.1) is 5.69 Å². The molecule has 0 saturated carbocycles. The Morgan fingerprint density at radius 2 is 2.00 bits per heavy atom. The predicted molar refractivity (Wildman–Crippen MR) is 79.9 cm³/mol. The molecule has 0 amide bonds. The summed E-state index contributed by atoms with van der Waals surface area (Å²) in [4.78, 5) is 7.10. The second-order valence-corrected chi connectivity index (χ2v) is 6.10. The number of rotatable bonds is 8. The Morgan fingerprint density at radius 3 is 2.56 bits per heavy atom. The molecule has 0 unspecified atom stereocenters. The molecule has 0 spiro atoms. The molecule has 0 atom stereocenters. The summed E-state index contributed by atoms with van der Waals surface area (Å²) in [6, 6.07) is 1.19. The van der Waals surface area contributed by atoms with E-state index in [-0.39, 0.29) is 0 Å². The van der Waals surface area contributed by atoms with E-state index in [1.165, 1.54) is 23.5 Å². The molecular formula is C14H27N3S. The van der Waals surface area contributed by atoms with Crippen LogP contribution in [0.5, 0.6) is 0 Å². The van der Waals surface area contributed by atoms with Gasteiger partial charge in [-0.3, -0.25) is 4.90 Å². The summed E-state index contributed by atoms with van der Waals surface area (Å²) in [6.45, 7) is 10.7. The average molecular weight is 269 g/mol. The van der Waals surface area contributed by atoms with E-state index in [2.05, 4.69) is 55.3 Å². The third kappa shape index (κ3) is 5.04. The summed E-state index contributed by atoms with van der Waals surface area (Å²) in [6.07, 6.45) is 2.41. The molecule has 0 fully saturated rings. The Hall–Kier alpha value is -0.450. The molecule has 104 valence electrons. The van der Waals surface area contributed by atoms with E-state index < -0.39 is 0 Å². The SMILES string of the molecule is CCC(CC)N(C)Cc1csc(CNC(C)C)n1. The van der Waals surface area contributed by atoms with Gasteiger partial charge in [-0.15, -0.1) is 11.3 Å². The van der Waals surface area contributed by atoms with Crippen molar-refractivity contribution < 1.29 is 0 Å². The summed E-state index contributed by atoms with van der Waals surface area (Å²) in [5.74, 6) is 0. The van der Waals surface area contributed by atoms with Crippen molar-refractivity contribution in [3.8, 4) is 0 Å². The lowest BCUT2D eigenvalue weighted by molar-refractivity contribution is 0.219. The van der Waals surface area contributed by atoms with E-state index >= 15 is 0 Å². The highest BCUT2D eigenvalue weighted by atomic mass is 32.1. The lowest BCUT2D eigenvalue weighted by Crippen LogP contribution is -2.30. The zero-order valence-electron chi connectivity index (χ0n) is 12.4. The van der Waals surface area contributed by atoms with E-state index in [0.29, 0.717) is 12.1 Å². The first-order chi connectivity index (χ1) is 8.56. The van der Waals surface area contributed by atoms with Crippen molar-refractivity contribution in [2.75, 3.05) is 7.05 Å². The fourth-order valence-electron chi connectivity index (χ4n) is 2.09. The highest BCUT2D eigenvalue weighted by Gasteiger charge is 2.12. The second kappa shape index (κ2) is 7.87. The van der Waals surface area contributed by atoms with Gasteiger partial charge in [0.15, 0.2) is 0 Å². The van der Waals surface area contributed by atoms with Crippen LogP contribution in [0.2, 0.25) is 0 Å². The summed E-state index contributed by atoms with van der Waals surface area (Å²) in [7, 11) is 2.20. The van der Waals surface area contributed by atoms with Gasteiger partial charge in [-0.25, -0.2) is 4.98 Å². The molecule has 4 heteroatoms. The highest BCUT2D eigenvalue weighted by molar-refractivity contribution is 7.09. The zero-order chi connectivity index (χ0) is 13.5. The lowest BCUT2D eigenvalue weighted by atomic mass is 10.1. The van der Waals surface area contributed by atoms with Gasteiger partial charge in [0.1, 0.15) is 5.01 Å². The summed E-state index contributed by atoms with van der Waals surface area (Å²) >= 11 is 1.76. The van der Waals surface area contributed by atoms with E-state index in [1.807, 2.05) is 0 Å². The number of nitrogens with zero attached hydrogens (tertiary/aromatic N) is 2. The van der Waals surface area contributed by atoms with Gasteiger partial charge < -0.3 is 5.32 Å². The van der Waals surface area contributed by atoms with Crippen molar-refractivity contribution in [3.05, 3.63) is 16.1 Å². The first kappa shape index (κ1) is 15.6. The monoisotopic (exact) mass is 269 g/mol. The maximum Gasteiger partial charge on any atom is 0.107 e. The summed E-state index contributed by atoms with van der Waals surface area (Å²) in [5.41, 5.74) is 1.20. The molecule has 3 nitrogen and oxygen atoms in total. The molecule has 1 heterocycles. The van der Waals surface area contributed by atoms with Crippen LogP contribution in [0, 0.1) is 0 Å². The van der Waals surface area contributed by atoms with Crippen LogP contribution >= 0.6 is 11.3 Å². The van der Waals surface area contributed by atoms with Gasteiger partial charge >= 0.3 is 0 Å². The van der Waals surface area contributed by atoms with E-state index in [4.69, 9.17) is 0 Å². The van der Waals surface area contributed by atoms with E-state index in [9.17, 15) is 0 Å². The smallest absolute Gasteiger partial charge is 0.107 e. The predicted octanol–water partition coefficient (Wildman–Crippen LogP) is 3.26. The van der Waals surface area contributed by atoms with Crippen LogP contribution in [-0.2, 0) is 13.1 Å². The molecule has 0 aliphatic carbocycles. The molecule has 18 heavy (non-hydrogen) atoms. The fourth-order valence-corrected chi connectivity index (χ4v) is 2.83. The summed E-state index contributed by atoms with van der Waals surface area (Å²) in [5, 5.41) is 6.79. The van der Waals surface area contributed by atoms with Crippen LogP contribution < -0.4 is 5.32 Å². The first-order valence-corrected chi connectivity index (χ1v) is 7.81. The minimum absolute atomic E-state index is 0.518. The van der Waals surface area contributed by atoms with Gasteiger partial charge in [0.25, 0.3) is 0 Å². The van der Waals surface area contributed by atoms with Crippen LogP contribution in [0.3, 0.4) is 0 Å². The van der Waals surface area contributed by atoms with Gasteiger partial charge in [-0.1, -0.05) is 27.7 Å². The Balaban J connectivity index is 2.47. The molecule has 0 aliphatic heterocycles. The third-order valence-electron chi connectivity index (χ3n) is 3.24. The van der Waals surface area contributed by atoms with Gasteiger partial charge in [-0.2, -0.15) is 0 Å². The molecular weight excluding hydrogens is 242 g/mol. The van der Waals surface area contributed by atoms with Crippen LogP contribution in [0.4, 0.5) is 0 Å². The second-order valence-electron chi connectivity index (χ2n) is 5.15. The molecule has 1 N–H and O–H groups in total. The van der Waals surface area contributed by atoms with Gasteiger partial charge in [0, 0.05) is 30.6 Å². The molecule has 1 rings (SSSR count). The van der Waals surface area contributed by atoms with Crippen molar-refractivity contribution in [2.45, 2.75) is 65.7 Å². The minimum Gasteiger partial charge on any atom is -0.308 e. The highest BCUT2D eigenvalue weighted by Crippen LogP contribution is 2.14. The number of thiazole rings is 1. The molecule has 0 saturated heterocycles. The fraction of sp³-hybridized carbons (Fsp3) is 0.786. The van der Waals surface area contributed by atoms with E-state index in [0.717, 1.165) is 13.1 Å². The van der Waals surface area contributed by atoms with Gasteiger partial charge in [0.2, 0.25) is 0 Å². The van der Waals surface area contributed by atoms with Crippen molar-refractivity contribution in [2.24, 2.45) is 0 Å². The largest absolute Gasteiger partial charge is 0.308 e. The first-order valence-electron chi connectivity index (χ1n) is 6.93. The quantitative estimate of drug-likeness (QED) is 0.785. The number of hydrogen-bond acceptors (Lipinski definition) is 4. The van der Waals surface area contributed by atoms with Crippen molar-refractivity contribution in [1.82, 2.24) is 15.2 Å². The van der Waals surface area contributed by atoms with Gasteiger partial charge in [-0.05, 0) is 19.9 Å². The number of aromatic nitrogens is 1. The summed E-state index contributed by atoms with van der Waals surface area (Å²) < 4.78 is 0. The Morgan fingerprint density at radius 1 is 1.33 bits per heavy atom. The molecule has 1 aromatic rings. The third-order valence-corrected chi connectivity index (χ3v) is 4.14. The van der Waals surface area contributed by atoms with Crippen LogP contribution in [0.25, 0.3) is 0 Å². The standard InChI is InChI=1S/C14H27N3S/c1-6-13(7-2)17(5)9-12-10-18-14(16-12)8-15-11(3)4/h10-11,13,15H,6-9H2,1-5H3. The maximum atomic E-state index is 4.69. The average Bonchev–Trinajstić information content (AvgIpc) is 2.75. The molecule has 0 bridgehead atoms. The van der Waals surface area contributed by atoms with Crippen LogP contribution in [0.1, 0.15) is 51.2 Å². The maximum absolute atomic E-state index is 4.69. The van der Waals surface area contributed by atoms with E-state index in [1.54, 1.807) is 11.3 Å². The Kier molecular flexibility index (Phi) is 6.82. The lowest BCUT2D eigenvalue weighted by Gasteiger charge is -2.25. The molecule has 0 radical (unpaired) electrons. The van der Waals surface area contributed by atoms with Crippen molar-refractivity contribution in [3.63, 3.8) is 0 Å². The molecule has 0 aliphatic rings. The molecule has 1 aromatic heterocycles. The normalized spacial score (nSPS) is 12.0. The minimum atomic E-state index is 0.518. The number of nitrogens with one attached hydrogen (secondary N) is 1. The Bertz CT molecular complexity index is 332. The topological polar surface area (TPSA) is 28.2 Å². The van der Waals surface area contributed by atoms with Crippen LogP contribution in [-0.4, -0.2) is 29.0 Å². The van der Waals surface area contributed by atoms with Crippen molar-refractivity contribution in [1.29, 1.82) is 0 Å². The number of hydrogen-bond donors (Lipinski definition) is 1. The van der Waals surface area contributed by atoms with Crippen molar-refractivity contribution >= 4 is 11.3 Å². The zero-order valence-corrected chi connectivity index (χ0v) is 13.2.